The maximum atomic E-state index is 12.9. The zero-order chi connectivity index (χ0) is 14.4. The molecule has 1 amide bonds. The second-order valence-corrected chi connectivity index (χ2v) is 5.31. The highest BCUT2D eigenvalue weighted by Crippen LogP contribution is 2.19. The Labute approximate surface area is 118 Å². The first-order valence-corrected chi connectivity index (χ1v) is 6.73. The molecule has 0 spiro atoms. The van der Waals surface area contributed by atoms with Crippen LogP contribution in [0.25, 0.3) is 0 Å². The number of halogens is 2. The van der Waals surface area contributed by atoms with E-state index in [9.17, 15) is 19.3 Å². The lowest BCUT2D eigenvalue weighted by atomic mass is 10.1. The van der Waals surface area contributed by atoms with E-state index >= 15 is 0 Å². The van der Waals surface area contributed by atoms with Gasteiger partial charge >= 0.3 is 0 Å². The molecular formula is C12H14BrFN2O3. The first-order valence-electron chi connectivity index (χ1n) is 5.82. The number of hydrogen-bond acceptors (Lipinski definition) is 3. The van der Waals surface area contributed by atoms with Crippen LogP contribution in [-0.4, -0.2) is 22.2 Å². The smallest absolute Gasteiger partial charge is 0.285 e. The molecule has 0 aromatic heterocycles. The molecule has 1 aromatic rings. The molecule has 5 nitrogen and oxygen atoms in total. The van der Waals surface area contributed by atoms with Crippen molar-refractivity contribution in [2.24, 2.45) is 0 Å². The number of nitro benzene ring substituents is 1. The minimum Gasteiger partial charge on any atom is -0.351 e. The van der Waals surface area contributed by atoms with Gasteiger partial charge in [0.15, 0.2) is 0 Å². The van der Waals surface area contributed by atoms with Gasteiger partial charge in [-0.15, -0.1) is 0 Å². The van der Waals surface area contributed by atoms with Crippen molar-refractivity contribution in [1.82, 2.24) is 5.32 Å². The van der Waals surface area contributed by atoms with Crippen LogP contribution < -0.4 is 5.32 Å². The standard InChI is InChI=1S/C12H14BrFN2O3/c1-2-3-8(13)7-15-12(17)10-5-4-9(14)6-11(10)16(18)19/h4-6,8H,2-3,7H2,1H3,(H,15,17). The molecule has 0 aliphatic heterocycles. The highest BCUT2D eigenvalue weighted by atomic mass is 79.9. The minimum atomic E-state index is -0.768. The third kappa shape index (κ3) is 4.59. The van der Waals surface area contributed by atoms with Crippen LogP contribution in [0.2, 0.25) is 0 Å². The van der Waals surface area contributed by atoms with Crippen LogP contribution in [-0.2, 0) is 0 Å². The number of nitro groups is 1. The van der Waals surface area contributed by atoms with Gasteiger partial charge in [0.1, 0.15) is 11.4 Å². The lowest BCUT2D eigenvalue weighted by molar-refractivity contribution is -0.385. The summed E-state index contributed by atoms with van der Waals surface area (Å²) in [5.74, 6) is -1.32. The molecule has 1 N–H and O–H groups in total. The van der Waals surface area contributed by atoms with Crippen LogP contribution in [0, 0.1) is 15.9 Å². The van der Waals surface area contributed by atoms with Crippen molar-refractivity contribution in [3.8, 4) is 0 Å². The van der Waals surface area contributed by atoms with Crippen LogP contribution in [0.5, 0.6) is 0 Å². The zero-order valence-corrected chi connectivity index (χ0v) is 11.9. The minimum absolute atomic E-state index is 0.112. The molecule has 1 unspecified atom stereocenters. The molecule has 0 aliphatic carbocycles. The summed E-state index contributed by atoms with van der Waals surface area (Å²) in [6.07, 6.45) is 1.84. The lowest BCUT2D eigenvalue weighted by Gasteiger charge is -2.10. The van der Waals surface area contributed by atoms with Gasteiger partial charge in [0, 0.05) is 11.4 Å². The van der Waals surface area contributed by atoms with Crippen LogP contribution in [0.3, 0.4) is 0 Å². The fraction of sp³-hybridized carbons (Fsp3) is 0.417. The summed E-state index contributed by atoms with van der Waals surface area (Å²) in [5.41, 5.74) is -0.665. The van der Waals surface area contributed by atoms with Gasteiger partial charge in [-0.25, -0.2) is 4.39 Å². The van der Waals surface area contributed by atoms with Gasteiger partial charge in [-0.1, -0.05) is 29.3 Å². The molecule has 0 aliphatic rings. The van der Waals surface area contributed by atoms with Gasteiger partial charge in [0.05, 0.1) is 11.0 Å². The van der Waals surface area contributed by atoms with Gasteiger partial charge in [0.2, 0.25) is 0 Å². The number of carbonyl (C=O) groups is 1. The molecule has 104 valence electrons. The molecule has 0 bridgehead atoms. The Morgan fingerprint density at radius 2 is 2.26 bits per heavy atom. The largest absolute Gasteiger partial charge is 0.351 e. The van der Waals surface area contributed by atoms with Gasteiger partial charge in [-0.05, 0) is 18.6 Å². The van der Waals surface area contributed by atoms with Crippen LogP contribution in [0.15, 0.2) is 18.2 Å². The average molecular weight is 333 g/mol. The highest BCUT2D eigenvalue weighted by Gasteiger charge is 2.21. The fourth-order valence-corrected chi connectivity index (χ4v) is 2.18. The number of hydrogen-bond donors (Lipinski definition) is 1. The predicted octanol–water partition coefficient (Wildman–Crippen LogP) is 3.03. The van der Waals surface area contributed by atoms with Crippen LogP contribution in [0.4, 0.5) is 10.1 Å². The van der Waals surface area contributed by atoms with E-state index in [4.69, 9.17) is 0 Å². The summed E-state index contributed by atoms with van der Waals surface area (Å²) >= 11 is 3.39. The van der Waals surface area contributed by atoms with E-state index in [1.54, 1.807) is 0 Å². The predicted molar refractivity (Wildman–Crippen MR) is 73.0 cm³/mol. The van der Waals surface area contributed by atoms with Gasteiger partial charge in [0.25, 0.3) is 11.6 Å². The third-order valence-corrected chi connectivity index (χ3v) is 3.27. The normalized spacial score (nSPS) is 11.9. The maximum absolute atomic E-state index is 12.9. The van der Waals surface area contributed by atoms with E-state index in [1.807, 2.05) is 6.92 Å². The van der Waals surface area contributed by atoms with E-state index in [0.717, 1.165) is 31.0 Å². The van der Waals surface area contributed by atoms with Crippen molar-refractivity contribution < 1.29 is 14.1 Å². The van der Waals surface area contributed by atoms with E-state index < -0.39 is 22.3 Å². The Morgan fingerprint density at radius 3 is 2.84 bits per heavy atom. The lowest BCUT2D eigenvalue weighted by Crippen LogP contribution is -2.30. The molecule has 0 heterocycles. The molecule has 19 heavy (non-hydrogen) atoms. The summed E-state index contributed by atoms with van der Waals surface area (Å²) in [4.78, 5) is 21.9. The molecule has 0 saturated carbocycles. The van der Waals surface area contributed by atoms with Gasteiger partial charge in [-0.3, -0.25) is 14.9 Å². The topological polar surface area (TPSA) is 72.2 Å². The van der Waals surface area contributed by atoms with Gasteiger partial charge in [-0.2, -0.15) is 0 Å². The number of nitrogens with zero attached hydrogens (tertiary/aromatic N) is 1. The molecular weight excluding hydrogens is 319 g/mol. The SMILES string of the molecule is CCCC(Br)CNC(=O)c1ccc(F)cc1[N+](=O)[O-]. The van der Waals surface area contributed by atoms with E-state index in [0.29, 0.717) is 6.54 Å². The third-order valence-electron chi connectivity index (χ3n) is 2.49. The second kappa shape index (κ2) is 7.18. The molecule has 0 saturated heterocycles. The number of amides is 1. The summed E-state index contributed by atoms with van der Waals surface area (Å²) in [6.45, 7) is 2.38. The Balaban J connectivity index is 2.79. The molecule has 0 fully saturated rings. The van der Waals surface area contributed by atoms with Crippen molar-refractivity contribution in [2.75, 3.05) is 6.54 Å². The Bertz CT molecular complexity index is 482. The quantitative estimate of drug-likeness (QED) is 0.494. The number of nitrogens with one attached hydrogen (secondary N) is 1. The van der Waals surface area contributed by atoms with Crippen molar-refractivity contribution >= 4 is 27.5 Å². The van der Waals surface area contributed by atoms with Crippen molar-refractivity contribution in [3.05, 3.63) is 39.7 Å². The molecule has 0 radical (unpaired) electrons. The summed E-state index contributed by atoms with van der Waals surface area (Å²) < 4.78 is 12.9. The Hall–Kier alpha value is -1.50. The summed E-state index contributed by atoms with van der Waals surface area (Å²) in [5, 5.41) is 13.4. The molecule has 1 atom stereocenters. The van der Waals surface area contributed by atoms with Crippen molar-refractivity contribution in [2.45, 2.75) is 24.6 Å². The number of rotatable bonds is 6. The monoisotopic (exact) mass is 332 g/mol. The molecule has 7 heteroatoms. The fourth-order valence-electron chi connectivity index (χ4n) is 1.56. The first kappa shape index (κ1) is 15.6. The number of alkyl halides is 1. The van der Waals surface area contributed by atoms with Gasteiger partial charge < -0.3 is 5.32 Å². The van der Waals surface area contributed by atoms with E-state index in [2.05, 4.69) is 21.2 Å². The first-order chi connectivity index (χ1) is 8.95. The molecule has 1 rings (SSSR count). The summed E-state index contributed by atoms with van der Waals surface area (Å²) in [7, 11) is 0. The van der Waals surface area contributed by atoms with Crippen LogP contribution >= 0.6 is 15.9 Å². The molecule has 1 aromatic carbocycles. The van der Waals surface area contributed by atoms with E-state index in [-0.39, 0.29) is 10.4 Å². The maximum Gasteiger partial charge on any atom is 0.285 e. The van der Waals surface area contributed by atoms with Crippen molar-refractivity contribution in [1.29, 1.82) is 0 Å². The number of benzene rings is 1. The highest BCUT2D eigenvalue weighted by molar-refractivity contribution is 9.09. The van der Waals surface area contributed by atoms with Crippen LogP contribution in [0.1, 0.15) is 30.1 Å². The zero-order valence-electron chi connectivity index (χ0n) is 10.4. The average Bonchev–Trinajstić information content (AvgIpc) is 2.36. The Kier molecular flexibility index (Phi) is 5.88. The number of carbonyl (C=O) groups excluding carboxylic acids is 1. The van der Waals surface area contributed by atoms with E-state index in [1.165, 1.54) is 0 Å². The second-order valence-electron chi connectivity index (χ2n) is 4.01. The summed E-state index contributed by atoms with van der Waals surface area (Å²) in [6, 6.07) is 2.89. The Morgan fingerprint density at radius 1 is 1.58 bits per heavy atom. The van der Waals surface area contributed by atoms with Crippen molar-refractivity contribution in [3.63, 3.8) is 0 Å².